The van der Waals surface area contributed by atoms with Crippen molar-refractivity contribution in [2.45, 2.75) is 12.2 Å². The molecule has 3 N–H and O–H groups in total. The van der Waals surface area contributed by atoms with Crippen LogP contribution in [0.3, 0.4) is 0 Å². The van der Waals surface area contributed by atoms with Crippen molar-refractivity contribution in [3.8, 4) is 11.6 Å². The minimum atomic E-state index is -1.90. The molecule has 1 fully saturated rings. The van der Waals surface area contributed by atoms with Crippen LogP contribution in [0.25, 0.3) is 10.8 Å². The van der Waals surface area contributed by atoms with Crippen molar-refractivity contribution in [2.24, 2.45) is 11.7 Å². The van der Waals surface area contributed by atoms with Gasteiger partial charge in [0.05, 0.1) is 31.3 Å². The third kappa shape index (κ3) is 3.12. The molecule has 1 aromatic heterocycles. The summed E-state index contributed by atoms with van der Waals surface area (Å²) in [5.74, 6) is -2.15. The van der Waals surface area contributed by atoms with Gasteiger partial charge in [-0.25, -0.2) is 9.37 Å². The molecule has 2 heterocycles. The van der Waals surface area contributed by atoms with Crippen LogP contribution in [0.1, 0.15) is 10.4 Å². The molecule has 1 aliphatic heterocycles. The number of ether oxygens (including phenoxy) is 2. The number of amides is 2. The molecular formula is C17H17F2N3O4. The van der Waals surface area contributed by atoms with Crippen molar-refractivity contribution in [3.05, 3.63) is 30.0 Å². The number of halogens is 2. The summed E-state index contributed by atoms with van der Waals surface area (Å²) in [7, 11) is 1.39. The number of fused-ring (bicyclic) bond motifs is 1. The largest absolute Gasteiger partial charge is 0.496 e. The molecule has 1 aliphatic rings. The number of rotatable bonds is 6. The van der Waals surface area contributed by atoms with E-state index in [0.29, 0.717) is 10.8 Å². The van der Waals surface area contributed by atoms with E-state index in [0.717, 1.165) is 0 Å². The molecule has 1 unspecified atom stereocenters. The van der Waals surface area contributed by atoms with Gasteiger partial charge >= 0.3 is 0 Å². The van der Waals surface area contributed by atoms with Crippen molar-refractivity contribution in [1.29, 1.82) is 0 Å². The summed E-state index contributed by atoms with van der Waals surface area (Å²) < 4.78 is 37.4. The maximum absolute atomic E-state index is 13.6. The summed E-state index contributed by atoms with van der Waals surface area (Å²) in [6.45, 7) is -1.13. The molecule has 9 heteroatoms. The summed E-state index contributed by atoms with van der Waals surface area (Å²) in [4.78, 5) is 27.0. The quantitative estimate of drug-likeness (QED) is 0.799. The van der Waals surface area contributed by atoms with E-state index in [9.17, 15) is 18.4 Å². The number of primary amides is 1. The zero-order chi connectivity index (χ0) is 18.8. The van der Waals surface area contributed by atoms with Crippen molar-refractivity contribution >= 4 is 22.6 Å². The van der Waals surface area contributed by atoms with E-state index in [-0.39, 0.29) is 23.8 Å². The van der Waals surface area contributed by atoms with Crippen LogP contribution in [0.5, 0.6) is 11.6 Å². The Morgan fingerprint density at radius 3 is 2.85 bits per heavy atom. The maximum Gasteiger partial charge on any atom is 0.255 e. The van der Waals surface area contributed by atoms with E-state index < -0.39 is 36.6 Å². The van der Waals surface area contributed by atoms with Gasteiger partial charge in [0.2, 0.25) is 5.88 Å². The Balaban J connectivity index is 1.89. The maximum atomic E-state index is 13.6. The molecule has 3 rings (SSSR count). The van der Waals surface area contributed by atoms with Gasteiger partial charge in [0.25, 0.3) is 11.8 Å². The second kappa shape index (κ2) is 7.11. The first-order valence-electron chi connectivity index (χ1n) is 7.86. The highest BCUT2D eigenvalue weighted by atomic mass is 19.1. The number of nitrogens with zero attached hydrogens (tertiary/aromatic N) is 1. The third-order valence-electron chi connectivity index (χ3n) is 4.36. The van der Waals surface area contributed by atoms with Gasteiger partial charge in [-0.05, 0) is 23.6 Å². The summed E-state index contributed by atoms with van der Waals surface area (Å²) in [6, 6.07) is 3.96. The molecule has 2 aromatic rings. The lowest BCUT2D eigenvalue weighted by Crippen LogP contribution is -2.35. The summed E-state index contributed by atoms with van der Waals surface area (Å²) in [5, 5.41) is 3.54. The van der Waals surface area contributed by atoms with Crippen LogP contribution < -0.4 is 20.5 Å². The second-order valence-electron chi connectivity index (χ2n) is 5.90. The first kappa shape index (κ1) is 17.8. The number of aromatic nitrogens is 1. The minimum absolute atomic E-state index is 0.146. The molecule has 1 aromatic carbocycles. The fourth-order valence-corrected chi connectivity index (χ4v) is 2.94. The van der Waals surface area contributed by atoms with Gasteiger partial charge in [-0.3, -0.25) is 14.0 Å². The lowest BCUT2D eigenvalue weighted by molar-refractivity contribution is -0.124. The van der Waals surface area contributed by atoms with E-state index >= 15 is 0 Å². The Kier molecular flexibility index (Phi) is 4.88. The highest BCUT2D eigenvalue weighted by Gasteiger charge is 2.43. The fraction of sp³-hybridized carbons (Fsp3) is 0.353. The molecular weight excluding hydrogens is 348 g/mol. The topological polar surface area (TPSA) is 104 Å². The molecule has 2 amide bonds. The molecule has 1 saturated heterocycles. The van der Waals surface area contributed by atoms with E-state index in [1.54, 1.807) is 18.2 Å². The van der Waals surface area contributed by atoms with Crippen molar-refractivity contribution in [2.75, 3.05) is 20.4 Å². The number of hydrogen-bond acceptors (Lipinski definition) is 5. The van der Waals surface area contributed by atoms with E-state index in [1.165, 1.54) is 13.3 Å². The number of nitrogens with one attached hydrogen (secondary N) is 1. The molecule has 0 radical (unpaired) electrons. The van der Waals surface area contributed by atoms with Crippen LogP contribution in [0.15, 0.2) is 24.4 Å². The van der Waals surface area contributed by atoms with Gasteiger partial charge in [0, 0.05) is 11.6 Å². The van der Waals surface area contributed by atoms with Gasteiger partial charge in [-0.1, -0.05) is 0 Å². The number of alkyl halides is 2. The minimum Gasteiger partial charge on any atom is -0.496 e. The van der Waals surface area contributed by atoms with Crippen molar-refractivity contribution in [3.63, 3.8) is 0 Å². The van der Waals surface area contributed by atoms with Crippen molar-refractivity contribution in [1.82, 2.24) is 10.3 Å². The van der Waals surface area contributed by atoms with Crippen LogP contribution in [-0.4, -0.2) is 49.4 Å². The van der Waals surface area contributed by atoms with Crippen LogP contribution in [0.4, 0.5) is 8.78 Å². The number of hydrogen-bond donors (Lipinski definition) is 2. The highest BCUT2D eigenvalue weighted by molar-refractivity contribution is 6.01. The number of carbonyl (C=O) groups is 2. The zero-order valence-electron chi connectivity index (χ0n) is 13.9. The Hall–Kier alpha value is -2.97. The number of benzene rings is 1. The number of carbonyl (C=O) groups excluding carboxylic acids is 2. The van der Waals surface area contributed by atoms with E-state index in [4.69, 9.17) is 15.2 Å². The van der Waals surface area contributed by atoms with E-state index in [2.05, 4.69) is 10.3 Å². The second-order valence-corrected chi connectivity index (χ2v) is 5.90. The smallest absolute Gasteiger partial charge is 0.255 e. The predicted octanol–water partition coefficient (Wildman–Crippen LogP) is 1.14. The molecule has 3 atom stereocenters. The average molecular weight is 365 g/mol. The average Bonchev–Trinajstić information content (AvgIpc) is 2.91. The number of methoxy groups -OCH3 is 1. The zero-order valence-corrected chi connectivity index (χ0v) is 13.9. The Morgan fingerprint density at radius 1 is 1.42 bits per heavy atom. The molecule has 0 aliphatic carbocycles. The summed E-state index contributed by atoms with van der Waals surface area (Å²) in [6.07, 6.45) is -0.431. The Bertz CT molecular complexity index is 861. The van der Waals surface area contributed by atoms with Crippen LogP contribution in [0.2, 0.25) is 0 Å². The van der Waals surface area contributed by atoms with Gasteiger partial charge in [0.15, 0.2) is 6.17 Å². The standard InChI is InChI=1S/C17H17F2N3O4/c1-25-13-5-9-8(4-10(13)15(20)23)2-3-21-17(9)26-7-12-11(6-18)14(19)16(24)22-12/h2-5,11-12,14H,6-7H2,1H3,(H2,20,23)(H,22,24)/t11-,12?,14+/m0/s1. The first-order valence-corrected chi connectivity index (χ1v) is 7.86. The molecule has 0 saturated carbocycles. The first-order chi connectivity index (χ1) is 12.5. The predicted molar refractivity (Wildman–Crippen MR) is 88.6 cm³/mol. The lowest BCUT2D eigenvalue weighted by atomic mass is 10.0. The normalized spacial score (nSPS) is 22.3. The highest BCUT2D eigenvalue weighted by Crippen LogP contribution is 2.31. The van der Waals surface area contributed by atoms with Gasteiger partial charge in [-0.2, -0.15) is 0 Å². The molecule has 138 valence electrons. The molecule has 0 spiro atoms. The molecule has 7 nitrogen and oxygen atoms in total. The van der Waals surface area contributed by atoms with Gasteiger partial charge < -0.3 is 20.5 Å². The van der Waals surface area contributed by atoms with E-state index in [1.807, 2.05) is 0 Å². The fourth-order valence-electron chi connectivity index (χ4n) is 2.94. The monoisotopic (exact) mass is 365 g/mol. The van der Waals surface area contributed by atoms with Crippen LogP contribution in [0, 0.1) is 5.92 Å². The number of pyridine rings is 1. The Labute approximate surface area is 147 Å². The third-order valence-corrected chi connectivity index (χ3v) is 4.36. The van der Waals surface area contributed by atoms with Crippen molar-refractivity contribution < 1.29 is 27.8 Å². The Morgan fingerprint density at radius 2 is 2.19 bits per heavy atom. The number of nitrogens with two attached hydrogens (primary N) is 1. The lowest BCUT2D eigenvalue weighted by Gasteiger charge is -2.18. The van der Waals surface area contributed by atoms with Gasteiger partial charge in [-0.15, -0.1) is 0 Å². The summed E-state index contributed by atoms with van der Waals surface area (Å²) in [5.41, 5.74) is 5.55. The SMILES string of the molecule is COc1cc2c(OCC3NC(=O)[C@H](F)[C@H]3CF)nccc2cc1C(N)=O. The summed E-state index contributed by atoms with van der Waals surface area (Å²) >= 11 is 0. The molecule has 0 bridgehead atoms. The molecule has 26 heavy (non-hydrogen) atoms. The van der Waals surface area contributed by atoms with Crippen LogP contribution in [-0.2, 0) is 4.79 Å². The van der Waals surface area contributed by atoms with Crippen LogP contribution >= 0.6 is 0 Å². The van der Waals surface area contributed by atoms with Gasteiger partial charge in [0.1, 0.15) is 12.4 Å².